The molecule has 0 aliphatic rings. The lowest BCUT2D eigenvalue weighted by Crippen LogP contribution is -1.85. The molecule has 72 valence electrons. The zero-order chi connectivity index (χ0) is 10.1. The monoisotopic (exact) mass is 256 g/mol. The minimum atomic E-state index is -0.386. The van der Waals surface area contributed by atoms with Gasteiger partial charge in [0.2, 0.25) is 0 Å². The van der Waals surface area contributed by atoms with Gasteiger partial charge in [0.05, 0.1) is 5.56 Å². The predicted molar refractivity (Wildman–Crippen MR) is 52.1 cm³/mol. The number of halogens is 2. The summed E-state index contributed by atoms with van der Waals surface area (Å²) in [5.74, 6) is 0.283. The van der Waals surface area contributed by atoms with Crippen molar-refractivity contribution in [3.05, 3.63) is 34.3 Å². The lowest BCUT2D eigenvalue weighted by molar-refractivity contribution is 0.423. The molecule has 0 radical (unpaired) electrons. The summed E-state index contributed by atoms with van der Waals surface area (Å²) in [4.78, 5) is 3.95. The summed E-state index contributed by atoms with van der Waals surface area (Å²) in [6.07, 6.45) is 0. The van der Waals surface area contributed by atoms with Crippen molar-refractivity contribution in [3.8, 4) is 11.5 Å². The molecule has 0 saturated carbocycles. The minimum absolute atomic E-state index is 0.187. The van der Waals surface area contributed by atoms with E-state index < -0.39 is 0 Å². The SMILES string of the molecule is Cc1noc(-c2c(F)cccc2Br)n1. The predicted octanol–water partition coefficient (Wildman–Crippen LogP) is 2.95. The van der Waals surface area contributed by atoms with E-state index in [1.807, 2.05) is 0 Å². The van der Waals surface area contributed by atoms with Crippen LogP contribution < -0.4 is 0 Å². The minimum Gasteiger partial charge on any atom is -0.334 e. The number of benzene rings is 1. The molecule has 0 fully saturated rings. The molecule has 0 unspecified atom stereocenters. The smallest absolute Gasteiger partial charge is 0.262 e. The maximum atomic E-state index is 13.4. The highest BCUT2D eigenvalue weighted by Gasteiger charge is 2.14. The number of nitrogens with zero attached hydrogens (tertiary/aromatic N) is 2. The second kappa shape index (κ2) is 3.49. The molecule has 0 spiro atoms. The molecule has 0 aliphatic carbocycles. The standard InChI is InChI=1S/C9H6BrFN2O/c1-5-12-9(14-13-5)8-6(10)3-2-4-7(8)11/h2-4H,1H3. The molecule has 0 bridgehead atoms. The normalized spacial score (nSPS) is 10.5. The third kappa shape index (κ3) is 1.55. The Morgan fingerprint density at radius 3 is 2.79 bits per heavy atom. The molecule has 1 heterocycles. The molecule has 1 aromatic heterocycles. The lowest BCUT2D eigenvalue weighted by Gasteiger charge is -1.99. The van der Waals surface area contributed by atoms with Gasteiger partial charge >= 0.3 is 0 Å². The Labute approximate surface area is 88.1 Å². The Hall–Kier alpha value is -1.23. The van der Waals surface area contributed by atoms with Gasteiger partial charge in [-0.2, -0.15) is 4.98 Å². The van der Waals surface area contributed by atoms with Gasteiger partial charge in [0.25, 0.3) is 5.89 Å². The lowest BCUT2D eigenvalue weighted by atomic mass is 10.2. The molecular weight excluding hydrogens is 251 g/mol. The number of hydrogen-bond donors (Lipinski definition) is 0. The molecule has 0 amide bonds. The Morgan fingerprint density at radius 2 is 2.21 bits per heavy atom. The largest absolute Gasteiger partial charge is 0.334 e. The number of aryl methyl sites for hydroxylation is 1. The molecule has 5 heteroatoms. The van der Waals surface area contributed by atoms with Crippen molar-refractivity contribution in [2.75, 3.05) is 0 Å². The molecule has 0 N–H and O–H groups in total. The van der Waals surface area contributed by atoms with Crippen molar-refractivity contribution in [3.63, 3.8) is 0 Å². The number of rotatable bonds is 1. The highest BCUT2D eigenvalue weighted by atomic mass is 79.9. The average Bonchev–Trinajstić information content (AvgIpc) is 2.51. The van der Waals surface area contributed by atoms with Gasteiger partial charge in [0.15, 0.2) is 5.82 Å². The third-order valence-electron chi connectivity index (χ3n) is 1.70. The summed E-state index contributed by atoms with van der Waals surface area (Å²) >= 11 is 3.23. The molecule has 0 atom stereocenters. The maximum absolute atomic E-state index is 13.4. The number of aromatic nitrogens is 2. The fourth-order valence-corrected chi connectivity index (χ4v) is 1.61. The highest BCUT2D eigenvalue weighted by molar-refractivity contribution is 9.10. The second-order valence-electron chi connectivity index (χ2n) is 2.74. The van der Waals surface area contributed by atoms with Crippen LogP contribution in [-0.2, 0) is 0 Å². The van der Waals surface area contributed by atoms with Gasteiger partial charge in [0, 0.05) is 4.47 Å². The summed E-state index contributed by atoms with van der Waals surface area (Å²) in [7, 11) is 0. The molecule has 0 saturated heterocycles. The van der Waals surface area contributed by atoms with E-state index in [2.05, 4.69) is 26.1 Å². The summed E-state index contributed by atoms with van der Waals surface area (Å²) in [6, 6.07) is 4.67. The summed E-state index contributed by atoms with van der Waals surface area (Å²) in [6.45, 7) is 1.68. The van der Waals surface area contributed by atoms with E-state index in [9.17, 15) is 4.39 Å². The van der Waals surface area contributed by atoms with Crippen LogP contribution in [0, 0.1) is 12.7 Å². The van der Waals surface area contributed by atoms with Crippen LogP contribution in [0.5, 0.6) is 0 Å². The summed E-state index contributed by atoms with van der Waals surface area (Å²) < 4.78 is 18.9. The van der Waals surface area contributed by atoms with E-state index in [0.717, 1.165) is 0 Å². The van der Waals surface area contributed by atoms with E-state index >= 15 is 0 Å². The van der Waals surface area contributed by atoms with E-state index in [-0.39, 0.29) is 11.7 Å². The third-order valence-corrected chi connectivity index (χ3v) is 2.37. The first-order chi connectivity index (χ1) is 6.68. The first-order valence-electron chi connectivity index (χ1n) is 3.93. The molecule has 2 rings (SSSR count). The Bertz CT molecular complexity index is 449. The van der Waals surface area contributed by atoms with Crippen LogP contribution in [0.2, 0.25) is 0 Å². The van der Waals surface area contributed by atoms with Gasteiger partial charge in [-0.1, -0.05) is 11.2 Å². The van der Waals surface area contributed by atoms with Crippen molar-refractivity contribution in [1.82, 2.24) is 10.1 Å². The maximum Gasteiger partial charge on any atom is 0.262 e. The van der Waals surface area contributed by atoms with E-state index in [1.54, 1.807) is 19.1 Å². The highest BCUT2D eigenvalue weighted by Crippen LogP contribution is 2.29. The average molecular weight is 257 g/mol. The van der Waals surface area contributed by atoms with Crippen LogP contribution in [0.3, 0.4) is 0 Å². The fraction of sp³-hybridized carbons (Fsp3) is 0.111. The van der Waals surface area contributed by atoms with Crippen molar-refractivity contribution < 1.29 is 8.91 Å². The van der Waals surface area contributed by atoms with Crippen LogP contribution >= 0.6 is 15.9 Å². The molecular formula is C9H6BrFN2O. The molecule has 2 aromatic rings. The first kappa shape index (κ1) is 9.33. The Kier molecular flexibility index (Phi) is 2.33. The van der Waals surface area contributed by atoms with E-state index in [4.69, 9.17) is 4.52 Å². The molecule has 14 heavy (non-hydrogen) atoms. The van der Waals surface area contributed by atoms with Crippen LogP contribution in [0.1, 0.15) is 5.82 Å². The van der Waals surface area contributed by atoms with Gasteiger partial charge in [-0.05, 0) is 35.0 Å². The first-order valence-corrected chi connectivity index (χ1v) is 4.72. The summed E-state index contributed by atoms with van der Waals surface area (Å²) in [5, 5.41) is 3.60. The van der Waals surface area contributed by atoms with Crippen LogP contribution in [-0.4, -0.2) is 10.1 Å². The quantitative estimate of drug-likeness (QED) is 0.788. The Balaban J connectivity index is 2.61. The van der Waals surface area contributed by atoms with Gasteiger partial charge < -0.3 is 4.52 Å². The molecule has 1 aromatic carbocycles. The molecule has 3 nitrogen and oxygen atoms in total. The van der Waals surface area contributed by atoms with Crippen LogP contribution in [0.25, 0.3) is 11.5 Å². The fourth-order valence-electron chi connectivity index (χ4n) is 1.10. The van der Waals surface area contributed by atoms with E-state index in [0.29, 0.717) is 15.9 Å². The second-order valence-corrected chi connectivity index (χ2v) is 3.60. The number of hydrogen-bond acceptors (Lipinski definition) is 3. The van der Waals surface area contributed by atoms with Crippen molar-refractivity contribution in [2.24, 2.45) is 0 Å². The van der Waals surface area contributed by atoms with Crippen LogP contribution in [0.4, 0.5) is 4.39 Å². The van der Waals surface area contributed by atoms with Crippen molar-refractivity contribution in [1.29, 1.82) is 0 Å². The van der Waals surface area contributed by atoms with Crippen molar-refractivity contribution in [2.45, 2.75) is 6.92 Å². The van der Waals surface area contributed by atoms with Gasteiger partial charge in [0.1, 0.15) is 5.82 Å². The summed E-state index contributed by atoms with van der Waals surface area (Å²) in [5.41, 5.74) is 0.299. The molecule has 0 aliphatic heterocycles. The van der Waals surface area contributed by atoms with Gasteiger partial charge in [-0.25, -0.2) is 4.39 Å². The zero-order valence-electron chi connectivity index (χ0n) is 7.29. The van der Waals surface area contributed by atoms with Crippen molar-refractivity contribution >= 4 is 15.9 Å². The Morgan fingerprint density at radius 1 is 1.43 bits per heavy atom. The van der Waals surface area contributed by atoms with Gasteiger partial charge in [-0.15, -0.1) is 0 Å². The van der Waals surface area contributed by atoms with Gasteiger partial charge in [-0.3, -0.25) is 0 Å². The van der Waals surface area contributed by atoms with Crippen LogP contribution in [0.15, 0.2) is 27.2 Å². The zero-order valence-corrected chi connectivity index (χ0v) is 8.88. The topological polar surface area (TPSA) is 38.9 Å². The van der Waals surface area contributed by atoms with E-state index in [1.165, 1.54) is 6.07 Å².